The lowest BCUT2D eigenvalue weighted by Crippen LogP contribution is -2.21. The summed E-state index contributed by atoms with van der Waals surface area (Å²) in [4.78, 5) is 26.6. The van der Waals surface area contributed by atoms with E-state index in [1.807, 2.05) is 6.92 Å². The highest BCUT2D eigenvalue weighted by molar-refractivity contribution is 5.71. The smallest absolute Gasteiger partial charge is 0.290 e. The number of hydrogen-bond acceptors (Lipinski definition) is 3. The van der Waals surface area contributed by atoms with E-state index >= 15 is 0 Å². The lowest BCUT2D eigenvalue weighted by atomic mass is 10.4. The van der Waals surface area contributed by atoms with Gasteiger partial charge in [0.15, 0.2) is 5.65 Å². The molecule has 0 saturated carbocycles. The van der Waals surface area contributed by atoms with Gasteiger partial charge in [0, 0.05) is 12.7 Å². The van der Waals surface area contributed by atoms with Crippen LogP contribution in [0.4, 0.5) is 0 Å². The zero-order valence-electron chi connectivity index (χ0n) is 7.00. The summed E-state index contributed by atoms with van der Waals surface area (Å²) in [5, 5.41) is 4.40. The molecule has 0 aliphatic carbocycles. The summed E-state index contributed by atoms with van der Waals surface area (Å²) in [5.41, 5.74) is -0.604. The van der Waals surface area contributed by atoms with Crippen molar-refractivity contribution in [1.29, 1.82) is 0 Å². The molecule has 0 aromatic carbocycles. The molecule has 2 aromatic rings. The molecule has 68 valence electrons. The van der Waals surface area contributed by atoms with Crippen LogP contribution in [0.15, 0.2) is 15.8 Å². The Balaban J connectivity index is 2.91. The predicted molar refractivity (Wildman–Crippen MR) is 46.6 cm³/mol. The van der Waals surface area contributed by atoms with E-state index in [1.165, 1.54) is 0 Å². The second kappa shape index (κ2) is 2.58. The Bertz CT molecular complexity index is 547. The average molecular weight is 180 g/mol. The number of nitrogens with zero attached hydrogens (tertiary/aromatic N) is 2. The molecule has 6 nitrogen and oxygen atoms in total. The van der Waals surface area contributed by atoms with Gasteiger partial charge in [-0.05, 0) is 6.92 Å². The fraction of sp³-hybridized carbons (Fsp3) is 0.286. The summed E-state index contributed by atoms with van der Waals surface area (Å²) in [7, 11) is 0. The molecule has 2 rings (SSSR count). The second-order valence-electron chi connectivity index (χ2n) is 2.66. The zero-order chi connectivity index (χ0) is 9.42. The molecule has 13 heavy (non-hydrogen) atoms. The number of aryl methyl sites for hydroxylation is 1. The van der Waals surface area contributed by atoms with E-state index in [1.54, 1.807) is 10.9 Å². The van der Waals surface area contributed by atoms with Gasteiger partial charge >= 0.3 is 5.69 Å². The number of aromatic amines is 2. The van der Waals surface area contributed by atoms with Crippen LogP contribution in [-0.4, -0.2) is 19.7 Å². The Morgan fingerprint density at radius 2 is 2.23 bits per heavy atom. The molecule has 6 heteroatoms. The third-order valence-corrected chi connectivity index (χ3v) is 1.79. The minimum Gasteiger partial charge on any atom is -0.290 e. The maximum Gasteiger partial charge on any atom is 0.327 e. The van der Waals surface area contributed by atoms with Crippen LogP contribution in [-0.2, 0) is 6.54 Å². The van der Waals surface area contributed by atoms with E-state index < -0.39 is 11.2 Å². The van der Waals surface area contributed by atoms with E-state index in [4.69, 9.17) is 0 Å². The summed E-state index contributed by atoms with van der Waals surface area (Å²) in [6.07, 6.45) is 1.60. The minimum absolute atomic E-state index is 0.329. The molecule has 2 heterocycles. The van der Waals surface area contributed by atoms with Gasteiger partial charge in [-0.25, -0.2) is 4.79 Å². The van der Waals surface area contributed by atoms with E-state index in [-0.39, 0.29) is 0 Å². The summed E-state index contributed by atoms with van der Waals surface area (Å²) >= 11 is 0. The van der Waals surface area contributed by atoms with Gasteiger partial charge in [0.2, 0.25) is 0 Å². The van der Waals surface area contributed by atoms with Gasteiger partial charge in [-0.15, -0.1) is 0 Å². The molecule has 0 saturated heterocycles. The van der Waals surface area contributed by atoms with E-state index in [9.17, 15) is 9.59 Å². The Hall–Kier alpha value is -1.85. The molecule has 0 aliphatic rings. The van der Waals surface area contributed by atoms with Crippen LogP contribution < -0.4 is 11.2 Å². The first-order valence-corrected chi connectivity index (χ1v) is 3.90. The van der Waals surface area contributed by atoms with Crippen molar-refractivity contribution in [2.24, 2.45) is 0 Å². The van der Waals surface area contributed by atoms with E-state index in [0.29, 0.717) is 17.6 Å². The van der Waals surface area contributed by atoms with Crippen molar-refractivity contribution in [3.63, 3.8) is 0 Å². The van der Waals surface area contributed by atoms with Crippen molar-refractivity contribution < 1.29 is 0 Å². The minimum atomic E-state index is -0.529. The average Bonchev–Trinajstić information content (AvgIpc) is 2.47. The van der Waals surface area contributed by atoms with Crippen LogP contribution in [0.5, 0.6) is 0 Å². The lowest BCUT2D eigenvalue weighted by Gasteiger charge is -1.88. The highest BCUT2D eigenvalue weighted by Crippen LogP contribution is 1.99. The van der Waals surface area contributed by atoms with Crippen LogP contribution in [0.25, 0.3) is 11.0 Å². The molecule has 0 unspecified atom stereocenters. The molecule has 0 atom stereocenters. The third-order valence-electron chi connectivity index (χ3n) is 1.79. The number of hydrogen-bond donors (Lipinski definition) is 2. The molecule has 0 radical (unpaired) electrons. The summed E-state index contributed by atoms with van der Waals surface area (Å²) < 4.78 is 1.59. The fourth-order valence-electron chi connectivity index (χ4n) is 1.15. The van der Waals surface area contributed by atoms with Gasteiger partial charge in [-0.1, -0.05) is 0 Å². The molecular weight excluding hydrogens is 172 g/mol. The Kier molecular flexibility index (Phi) is 1.54. The number of fused-ring (bicyclic) bond motifs is 1. The van der Waals surface area contributed by atoms with Crippen molar-refractivity contribution in [2.75, 3.05) is 0 Å². The molecule has 0 bridgehead atoms. The van der Waals surface area contributed by atoms with Gasteiger partial charge in [0.25, 0.3) is 5.56 Å². The van der Waals surface area contributed by atoms with Crippen LogP contribution >= 0.6 is 0 Å². The van der Waals surface area contributed by atoms with Gasteiger partial charge in [0.05, 0.1) is 0 Å². The summed E-state index contributed by atoms with van der Waals surface area (Å²) in [6, 6.07) is 0. The van der Waals surface area contributed by atoms with Gasteiger partial charge < -0.3 is 0 Å². The molecule has 0 aliphatic heterocycles. The highest BCUT2D eigenvalue weighted by Gasteiger charge is 2.03. The number of rotatable bonds is 1. The first-order chi connectivity index (χ1) is 6.20. The van der Waals surface area contributed by atoms with E-state index in [2.05, 4.69) is 15.1 Å². The standard InChI is InChI=1S/C7H8N4O2/c1-2-11-3-4-5(10-11)8-7(13)9-6(4)12/h3H,2H2,1H3,(H2,8,9,10,12,13). The van der Waals surface area contributed by atoms with Crippen molar-refractivity contribution in [1.82, 2.24) is 19.7 Å². The monoisotopic (exact) mass is 180 g/mol. The molecular formula is C7H8N4O2. The fourth-order valence-corrected chi connectivity index (χ4v) is 1.15. The van der Waals surface area contributed by atoms with Gasteiger partial charge in [0.1, 0.15) is 5.39 Å². The first kappa shape index (κ1) is 7.78. The molecule has 0 amide bonds. The number of nitrogens with one attached hydrogen (secondary N) is 2. The van der Waals surface area contributed by atoms with Crippen LogP contribution in [0.2, 0.25) is 0 Å². The van der Waals surface area contributed by atoms with Crippen molar-refractivity contribution in [3.8, 4) is 0 Å². The quantitative estimate of drug-likeness (QED) is 0.616. The Morgan fingerprint density at radius 3 is 2.92 bits per heavy atom. The number of aromatic nitrogens is 4. The SMILES string of the molecule is CCn1cc2c(=O)[nH]c(=O)[nH]c2n1. The summed E-state index contributed by atoms with van der Waals surface area (Å²) in [5.74, 6) is 0. The number of H-pyrrole nitrogens is 2. The third kappa shape index (κ3) is 1.16. The van der Waals surface area contributed by atoms with Crippen LogP contribution in [0.1, 0.15) is 6.92 Å². The van der Waals surface area contributed by atoms with Crippen LogP contribution in [0.3, 0.4) is 0 Å². The van der Waals surface area contributed by atoms with Gasteiger partial charge in [-0.3, -0.25) is 19.4 Å². The zero-order valence-corrected chi connectivity index (χ0v) is 7.00. The van der Waals surface area contributed by atoms with E-state index in [0.717, 1.165) is 0 Å². The first-order valence-electron chi connectivity index (χ1n) is 3.90. The molecule has 0 fully saturated rings. The summed E-state index contributed by atoms with van der Waals surface area (Å²) in [6.45, 7) is 2.56. The molecule has 2 N–H and O–H groups in total. The maximum atomic E-state index is 11.2. The maximum absolute atomic E-state index is 11.2. The molecule has 2 aromatic heterocycles. The van der Waals surface area contributed by atoms with Crippen LogP contribution in [0, 0.1) is 0 Å². The van der Waals surface area contributed by atoms with Gasteiger partial charge in [-0.2, -0.15) is 5.10 Å². The van der Waals surface area contributed by atoms with Crippen molar-refractivity contribution >= 4 is 11.0 Å². The highest BCUT2D eigenvalue weighted by atomic mass is 16.2. The predicted octanol–water partition coefficient (Wildman–Crippen LogP) is -0.567. The topological polar surface area (TPSA) is 83.5 Å². The van der Waals surface area contributed by atoms with Crippen molar-refractivity contribution in [2.45, 2.75) is 13.5 Å². The molecule has 0 spiro atoms. The Morgan fingerprint density at radius 1 is 1.46 bits per heavy atom. The Labute approximate surface area is 72.2 Å². The largest absolute Gasteiger partial charge is 0.327 e. The van der Waals surface area contributed by atoms with Crippen molar-refractivity contribution in [3.05, 3.63) is 27.0 Å². The lowest BCUT2D eigenvalue weighted by molar-refractivity contribution is 0.665. The normalized spacial score (nSPS) is 10.8. The second-order valence-corrected chi connectivity index (χ2v) is 2.66.